The molecular weight excluding hydrogens is 351 g/mol. The average Bonchev–Trinajstić information content (AvgIpc) is 2.51. The van der Waals surface area contributed by atoms with Crippen molar-refractivity contribution in [3.63, 3.8) is 0 Å². The third kappa shape index (κ3) is 5.23. The molecule has 0 radical (unpaired) electrons. The summed E-state index contributed by atoms with van der Waals surface area (Å²) in [6.07, 6.45) is 1.06. The summed E-state index contributed by atoms with van der Waals surface area (Å²) >= 11 is 2.49. The number of aryl methyl sites for hydroxylation is 1. The summed E-state index contributed by atoms with van der Waals surface area (Å²) in [5.41, 5.74) is 3.46. The average molecular weight is 375 g/mol. The van der Waals surface area contributed by atoms with E-state index in [0.29, 0.717) is 17.0 Å². The van der Waals surface area contributed by atoms with Crippen LogP contribution in [0.3, 0.4) is 0 Å². The van der Waals surface area contributed by atoms with Gasteiger partial charge in [-0.3, -0.25) is 0 Å². The SMILES string of the molecule is Cc1ccc(OC(=O)C(C[SeH])c2ccc(CC(C)C)cc2)cc1. The van der Waals surface area contributed by atoms with Gasteiger partial charge in [0.15, 0.2) is 0 Å². The number of hydrogen-bond donors (Lipinski definition) is 0. The molecule has 2 aromatic rings. The fourth-order valence-electron chi connectivity index (χ4n) is 2.47. The van der Waals surface area contributed by atoms with Gasteiger partial charge in [0.2, 0.25) is 0 Å². The Labute approximate surface area is 147 Å². The van der Waals surface area contributed by atoms with E-state index in [1.54, 1.807) is 0 Å². The quantitative estimate of drug-likeness (QED) is 0.430. The Hall–Kier alpha value is -1.57. The minimum atomic E-state index is -0.246. The number of hydrogen-bond acceptors (Lipinski definition) is 2. The number of carbonyl (C=O) groups is 1. The molecule has 0 saturated heterocycles. The minimum absolute atomic E-state index is 0.203. The fourth-order valence-corrected chi connectivity index (χ4v) is 3.22. The van der Waals surface area contributed by atoms with Crippen LogP contribution in [0.1, 0.15) is 36.5 Å². The van der Waals surface area contributed by atoms with E-state index in [9.17, 15) is 4.79 Å². The molecule has 0 bridgehead atoms. The second-order valence-electron chi connectivity index (χ2n) is 6.31. The molecule has 0 amide bonds. The molecule has 23 heavy (non-hydrogen) atoms. The van der Waals surface area contributed by atoms with E-state index in [1.165, 1.54) is 5.56 Å². The van der Waals surface area contributed by atoms with Gasteiger partial charge in [-0.1, -0.05) is 0 Å². The van der Waals surface area contributed by atoms with Crippen molar-refractivity contribution in [1.29, 1.82) is 0 Å². The first kappa shape index (κ1) is 17.8. The maximum absolute atomic E-state index is 12.5. The van der Waals surface area contributed by atoms with Crippen LogP contribution in [0.4, 0.5) is 0 Å². The van der Waals surface area contributed by atoms with Crippen molar-refractivity contribution in [2.45, 2.75) is 38.4 Å². The van der Waals surface area contributed by atoms with Gasteiger partial charge in [-0.2, -0.15) is 0 Å². The molecule has 1 unspecified atom stereocenters. The number of benzene rings is 2. The molecule has 0 aliphatic carbocycles. The van der Waals surface area contributed by atoms with Crippen LogP contribution < -0.4 is 4.74 Å². The van der Waals surface area contributed by atoms with Gasteiger partial charge in [0.1, 0.15) is 0 Å². The topological polar surface area (TPSA) is 26.3 Å². The first-order valence-electron chi connectivity index (χ1n) is 7.97. The predicted octanol–water partition coefficient (Wildman–Crippen LogP) is 4.20. The zero-order valence-corrected chi connectivity index (χ0v) is 15.8. The van der Waals surface area contributed by atoms with Crippen LogP contribution in [0.15, 0.2) is 48.5 Å². The summed E-state index contributed by atoms with van der Waals surface area (Å²) < 4.78 is 5.52. The molecule has 0 heterocycles. The van der Waals surface area contributed by atoms with Crippen molar-refractivity contribution in [3.05, 3.63) is 65.2 Å². The van der Waals surface area contributed by atoms with Gasteiger partial charge in [-0.05, 0) is 0 Å². The van der Waals surface area contributed by atoms with Crippen LogP contribution >= 0.6 is 0 Å². The molecule has 2 rings (SSSR count). The van der Waals surface area contributed by atoms with Gasteiger partial charge in [-0.25, -0.2) is 0 Å². The second-order valence-corrected chi connectivity index (χ2v) is 7.07. The Kier molecular flexibility index (Phi) is 6.44. The standard InChI is InChI=1S/C20H24O2Se/c1-14(2)12-16-6-8-17(9-7-16)19(13-23)20(21)22-18-10-4-15(3)5-11-18/h4-11,14,19,23H,12-13H2,1-3H3. The molecule has 0 aliphatic heterocycles. The molecule has 3 heteroatoms. The summed E-state index contributed by atoms with van der Waals surface area (Å²) in [6, 6.07) is 15.9. The molecule has 1 atom stereocenters. The third-order valence-corrected chi connectivity index (χ3v) is 4.50. The van der Waals surface area contributed by atoms with Gasteiger partial charge in [0, 0.05) is 0 Å². The van der Waals surface area contributed by atoms with Gasteiger partial charge < -0.3 is 0 Å². The van der Waals surface area contributed by atoms with Crippen LogP contribution in [-0.4, -0.2) is 22.0 Å². The van der Waals surface area contributed by atoms with E-state index in [4.69, 9.17) is 4.74 Å². The second kappa shape index (κ2) is 8.33. The monoisotopic (exact) mass is 376 g/mol. The molecule has 0 fully saturated rings. The molecule has 0 spiro atoms. The van der Waals surface area contributed by atoms with Crippen molar-refractivity contribution in [3.8, 4) is 5.75 Å². The summed E-state index contributed by atoms with van der Waals surface area (Å²) in [6.45, 7) is 6.43. The number of rotatable bonds is 6. The summed E-state index contributed by atoms with van der Waals surface area (Å²) in [7, 11) is 0. The van der Waals surface area contributed by atoms with Crippen LogP contribution in [0.25, 0.3) is 0 Å². The summed E-state index contributed by atoms with van der Waals surface area (Å²) in [5, 5.41) is 0.668. The maximum atomic E-state index is 12.5. The Morgan fingerprint density at radius 2 is 1.65 bits per heavy atom. The Balaban J connectivity index is 2.08. The molecule has 0 N–H and O–H groups in total. The number of esters is 1. The van der Waals surface area contributed by atoms with E-state index in [2.05, 4.69) is 42.0 Å². The number of ether oxygens (including phenoxy) is 1. The number of carbonyl (C=O) groups excluding carboxylic acids is 1. The van der Waals surface area contributed by atoms with Crippen molar-refractivity contribution >= 4 is 22.0 Å². The molecule has 0 saturated carbocycles. The third-order valence-electron chi connectivity index (χ3n) is 3.73. The van der Waals surface area contributed by atoms with Gasteiger partial charge >= 0.3 is 147 Å². The zero-order valence-electron chi connectivity index (χ0n) is 14.0. The Bertz CT molecular complexity index is 630. The first-order chi connectivity index (χ1) is 11.0. The normalized spacial score (nSPS) is 12.2. The molecular formula is C20H24O2Se. The zero-order chi connectivity index (χ0) is 16.8. The molecule has 2 aromatic carbocycles. The van der Waals surface area contributed by atoms with E-state index < -0.39 is 0 Å². The van der Waals surface area contributed by atoms with E-state index in [1.807, 2.05) is 43.3 Å². The van der Waals surface area contributed by atoms with Crippen LogP contribution in [-0.2, 0) is 11.2 Å². The van der Waals surface area contributed by atoms with Crippen LogP contribution in [0, 0.1) is 12.8 Å². The summed E-state index contributed by atoms with van der Waals surface area (Å²) in [4.78, 5) is 12.5. The van der Waals surface area contributed by atoms with E-state index in [-0.39, 0.29) is 11.9 Å². The van der Waals surface area contributed by atoms with E-state index in [0.717, 1.165) is 17.5 Å². The Morgan fingerprint density at radius 1 is 1.04 bits per heavy atom. The van der Waals surface area contributed by atoms with Crippen LogP contribution in [0.5, 0.6) is 5.75 Å². The van der Waals surface area contributed by atoms with Crippen molar-refractivity contribution in [1.82, 2.24) is 0 Å². The first-order valence-corrected chi connectivity index (χ1v) is 9.30. The van der Waals surface area contributed by atoms with Crippen molar-refractivity contribution < 1.29 is 9.53 Å². The van der Waals surface area contributed by atoms with E-state index >= 15 is 0 Å². The van der Waals surface area contributed by atoms with Crippen molar-refractivity contribution in [2.24, 2.45) is 5.92 Å². The Morgan fingerprint density at radius 3 is 2.17 bits per heavy atom. The molecule has 0 aliphatic rings. The van der Waals surface area contributed by atoms with Crippen LogP contribution in [0.2, 0.25) is 5.32 Å². The van der Waals surface area contributed by atoms with Gasteiger partial charge in [0.25, 0.3) is 0 Å². The fraction of sp³-hybridized carbons (Fsp3) is 0.350. The predicted molar refractivity (Wildman–Crippen MR) is 96.5 cm³/mol. The molecule has 0 aromatic heterocycles. The van der Waals surface area contributed by atoms with Gasteiger partial charge in [0.05, 0.1) is 0 Å². The molecule has 2 nitrogen and oxygen atoms in total. The van der Waals surface area contributed by atoms with Crippen molar-refractivity contribution in [2.75, 3.05) is 0 Å². The van der Waals surface area contributed by atoms with Gasteiger partial charge in [-0.15, -0.1) is 0 Å². The summed E-state index contributed by atoms with van der Waals surface area (Å²) in [5.74, 6) is 0.782. The molecule has 122 valence electrons.